The van der Waals surface area contributed by atoms with E-state index in [1.165, 1.54) is 13.0 Å². The summed E-state index contributed by atoms with van der Waals surface area (Å²) in [4.78, 5) is 22.4. The Hall–Kier alpha value is -2.81. The van der Waals surface area contributed by atoms with Gasteiger partial charge in [0, 0.05) is 12.6 Å². The second-order valence-electron chi connectivity index (χ2n) is 4.96. The van der Waals surface area contributed by atoms with E-state index in [0.717, 1.165) is 6.07 Å². The lowest BCUT2D eigenvalue weighted by molar-refractivity contribution is 0.0660. The quantitative estimate of drug-likeness (QED) is 0.773. The van der Waals surface area contributed by atoms with Crippen LogP contribution >= 0.6 is 0 Å². The first-order valence-electron chi connectivity index (χ1n) is 6.56. The van der Waals surface area contributed by atoms with E-state index in [1.54, 1.807) is 12.1 Å². The summed E-state index contributed by atoms with van der Waals surface area (Å²) in [5.74, 6) is -2.26. The molecule has 1 aliphatic rings. The molecular formula is C14H12N2O6S. The average Bonchev–Trinajstić information content (AvgIpc) is 3.04. The lowest BCUT2D eigenvalue weighted by Gasteiger charge is -2.10. The number of sulfonamides is 1. The predicted octanol–water partition coefficient (Wildman–Crippen LogP) is 1.33. The van der Waals surface area contributed by atoms with Crippen LogP contribution in [0.15, 0.2) is 33.6 Å². The minimum absolute atomic E-state index is 0.0491. The lowest BCUT2D eigenvalue weighted by Crippen LogP contribution is -2.17. The second-order valence-corrected chi connectivity index (χ2v) is 6.61. The molecule has 1 amide bonds. The second kappa shape index (κ2) is 5.13. The van der Waals surface area contributed by atoms with Gasteiger partial charge in [0.05, 0.1) is 11.3 Å². The van der Waals surface area contributed by atoms with Gasteiger partial charge in [-0.3, -0.25) is 9.52 Å². The van der Waals surface area contributed by atoms with E-state index in [1.807, 2.05) is 0 Å². The van der Waals surface area contributed by atoms with E-state index in [2.05, 4.69) is 10.0 Å². The van der Waals surface area contributed by atoms with Crippen molar-refractivity contribution in [3.8, 4) is 0 Å². The number of hydrogen-bond acceptors (Lipinski definition) is 5. The van der Waals surface area contributed by atoms with Crippen LogP contribution in [-0.2, 0) is 16.6 Å². The third-order valence-electron chi connectivity index (χ3n) is 3.43. The van der Waals surface area contributed by atoms with Crippen LogP contribution in [0.25, 0.3) is 0 Å². The van der Waals surface area contributed by atoms with Crippen molar-refractivity contribution in [2.75, 3.05) is 4.72 Å². The zero-order valence-corrected chi connectivity index (χ0v) is 12.7. The Bertz CT molecular complexity index is 929. The number of amides is 1. The lowest BCUT2D eigenvalue weighted by atomic mass is 10.1. The van der Waals surface area contributed by atoms with E-state index < -0.39 is 21.8 Å². The fraction of sp³-hybridized carbons (Fsp3) is 0.143. The monoisotopic (exact) mass is 336 g/mol. The highest BCUT2D eigenvalue weighted by Gasteiger charge is 2.28. The van der Waals surface area contributed by atoms with Gasteiger partial charge < -0.3 is 14.8 Å². The largest absolute Gasteiger partial charge is 0.475 e. The third kappa shape index (κ3) is 2.55. The smallest absolute Gasteiger partial charge is 0.371 e. The molecule has 120 valence electrons. The molecule has 1 aromatic carbocycles. The van der Waals surface area contributed by atoms with Gasteiger partial charge in [-0.05, 0) is 18.6 Å². The van der Waals surface area contributed by atoms with Crippen molar-refractivity contribution >= 4 is 27.6 Å². The number of furan rings is 1. The summed E-state index contributed by atoms with van der Waals surface area (Å²) in [7, 11) is -4.09. The van der Waals surface area contributed by atoms with Crippen molar-refractivity contribution in [2.45, 2.75) is 18.4 Å². The van der Waals surface area contributed by atoms with Crippen molar-refractivity contribution < 1.29 is 27.5 Å². The number of rotatable bonds is 4. The molecule has 9 heteroatoms. The van der Waals surface area contributed by atoms with E-state index in [-0.39, 0.29) is 27.8 Å². The number of carboxylic acid groups (broad SMARTS) is 1. The van der Waals surface area contributed by atoms with E-state index in [9.17, 15) is 18.0 Å². The SMILES string of the molecule is Cc1oc(C(=O)O)cc1S(=O)(=O)Nc1cccc2c1C(=O)NC2. The van der Waals surface area contributed by atoms with Crippen LogP contribution in [0.1, 0.15) is 32.2 Å². The number of nitrogens with one attached hydrogen (secondary N) is 2. The number of fused-ring (bicyclic) bond motifs is 1. The molecule has 0 saturated carbocycles. The molecule has 0 aliphatic carbocycles. The first kappa shape index (κ1) is 15.1. The average molecular weight is 336 g/mol. The summed E-state index contributed by atoms with van der Waals surface area (Å²) in [5.41, 5.74) is 1.08. The summed E-state index contributed by atoms with van der Waals surface area (Å²) in [5, 5.41) is 11.5. The molecule has 1 aliphatic heterocycles. The molecule has 0 bridgehead atoms. The molecular weight excluding hydrogens is 324 g/mol. The standard InChI is InChI=1S/C14H12N2O6S/c1-7-11(5-10(22-7)14(18)19)23(20,21)16-9-4-2-3-8-6-15-13(17)12(8)9/h2-5,16H,6H2,1H3,(H,15,17)(H,18,19). The molecule has 2 heterocycles. The number of anilines is 1. The summed E-state index contributed by atoms with van der Waals surface area (Å²) < 4.78 is 32.2. The number of benzene rings is 1. The van der Waals surface area contributed by atoms with Gasteiger partial charge in [-0.2, -0.15) is 0 Å². The maximum absolute atomic E-state index is 12.5. The maximum atomic E-state index is 12.5. The Labute approximate surface area is 131 Å². The highest BCUT2D eigenvalue weighted by atomic mass is 32.2. The van der Waals surface area contributed by atoms with Gasteiger partial charge in [-0.25, -0.2) is 13.2 Å². The van der Waals surface area contributed by atoms with Crippen molar-refractivity contribution in [1.29, 1.82) is 0 Å². The summed E-state index contributed by atoms with van der Waals surface area (Å²) in [6.45, 7) is 1.68. The molecule has 8 nitrogen and oxygen atoms in total. The van der Waals surface area contributed by atoms with Crippen LogP contribution in [0.2, 0.25) is 0 Å². The molecule has 0 unspecified atom stereocenters. The predicted molar refractivity (Wildman–Crippen MR) is 78.8 cm³/mol. The topological polar surface area (TPSA) is 126 Å². The van der Waals surface area contributed by atoms with Crippen molar-refractivity contribution in [2.24, 2.45) is 0 Å². The van der Waals surface area contributed by atoms with Crippen LogP contribution < -0.4 is 10.0 Å². The zero-order valence-electron chi connectivity index (χ0n) is 11.9. The number of carboxylic acids is 1. The van der Waals surface area contributed by atoms with Crippen LogP contribution in [-0.4, -0.2) is 25.4 Å². The van der Waals surface area contributed by atoms with Crippen molar-refractivity contribution in [1.82, 2.24) is 5.32 Å². The van der Waals surface area contributed by atoms with Gasteiger partial charge in [0.1, 0.15) is 10.7 Å². The number of carbonyl (C=O) groups is 2. The summed E-state index contributed by atoms with van der Waals surface area (Å²) in [6, 6.07) is 5.75. The first-order valence-corrected chi connectivity index (χ1v) is 8.04. The van der Waals surface area contributed by atoms with E-state index in [4.69, 9.17) is 9.52 Å². The Kier molecular flexibility index (Phi) is 3.37. The Morgan fingerprint density at radius 2 is 2.13 bits per heavy atom. The molecule has 0 atom stereocenters. The molecule has 0 spiro atoms. The minimum atomic E-state index is -4.09. The maximum Gasteiger partial charge on any atom is 0.371 e. The Morgan fingerprint density at radius 3 is 2.78 bits per heavy atom. The molecule has 0 radical (unpaired) electrons. The number of aromatic carboxylic acids is 1. The Balaban J connectivity index is 2.02. The van der Waals surface area contributed by atoms with Gasteiger partial charge in [0.15, 0.2) is 0 Å². The fourth-order valence-corrected chi connectivity index (χ4v) is 3.65. The third-order valence-corrected chi connectivity index (χ3v) is 4.91. The molecule has 3 N–H and O–H groups in total. The molecule has 1 aromatic heterocycles. The normalized spacial score (nSPS) is 13.5. The summed E-state index contributed by atoms with van der Waals surface area (Å²) in [6.07, 6.45) is 0. The Morgan fingerprint density at radius 1 is 1.39 bits per heavy atom. The van der Waals surface area contributed by atoms with Crippen molar-refractivity contribution in [3.05, 3.63) is 46.9 Å². The van der Waals surface area contributed by atoms with Gasteiger partial charge >= 0.3 is 5.97 Å². The number of hydrogen-bond donors (Lipinski definition) is 3. The van der Waals surface area contributed by atoms with Crippen LogP contribution in [0, 0.1) is 6.92 Å². The van der Waals surface area contributed by atoms with E-state index in [0.29, 0.717) is 12.1 Å². The van der Waals surface area contributed by atoms with Crippen molar-refractivity contribution in [3.63, 3.8) is 0 Å². The highest BCUT2D eigenvalue weighted by Crippen LogP contribution is 2.28. The zero-order chi connectivity index (χ0) is 16.8. The molecule has 0 fully saturated rings. The summed E-state index contributed by atoms with van der Waals surface area (Å²) >= 11 is 0. The fourth-order valence-electron chi connectivity index (χ4n) is 2.40. The number of carbonyl (C=O) groups excluding carboxylic acids is 1. The molecule has 0 saturated heterocycles. The van der Waals surface area contributed by atoms with Gasteiger partial charge in [-0.15, -0.1) is 0 Å². The molecule has 23 heavy (non-hydrogen) atoms. The van der Waals surface area contributed by atoms with Crippen LogP contribution in [0.3, 0.4) is 0 Å². The minimum Gasteiger partial charge on any atom is -0.475 e. The molecule has 3 rings (SSSR count). The molecule has 2 aromatic rings. The first-order chi connectivity index (χ1) is 10.8. The van der Waals surface area contributed by atoms with Gasteiger partial charge in [0.2, 0.25) is 5.76 Å². The van der Waals surface area contributed by atoms with E-state index >= 15 is 0 Å². The van der Waals surface area contributed by atoms with Crippen LogP contribution in [0.4, 0.5) is 5.69 Å². The number of aryl methyl sites for hydroxylation is 1. The van der Waals surface area contributed by atoms with Gasteiger partial charge in [-0.1, -0.05) is 12.1 Å². The van der Waals surface area contributed by atoms with Gasteiger partial charge in [0.25, 0.3) is 15.9 Å². The highest BCUT2D eigenvalue weighted by molar-refractivity contribution is 7.92. The van der Waals surface area contributed by atoms with Crippen LogP contribution in [0.5, 0.6) is 0 Å².